The van der Waals surface area contributed by atoms with Gasteiger partial charge in [0, 0.05) is 37.7 Å². The van der Waals surface area contributed by atoms with Gasteiger partial charge < -0.3 is 19.6 Å². The molecule has 44 heavy (non-hydrogen) atoms. The van der Waals surface area contributed by atoms with E-state index in [1.54, 1.807) is 43.4 Å². The quantitative estimate of drug-likeness (QED) is 0.117. The molecule has 5 rings (SSSR count). The maximum Gasteiger partial charge on any atom is 0.335 e. The predicted octanol–water partition coefficient (Wildman–Crippen LogP) is 5.54. The number of amides is 1. The number of furan rings is 1. The zero-order chi connectivity index (χ0) is 31.2. The van der Waals surface area contributed by atoms with Crippen molar-refractivity contribution in [2.45, 2.75) is 44.6 Å². The van der Waals surface area contributed by atoms with E-state index < -0.39 is 22.7 Å². The summed E-state index contributed by atoms with van der Waals surface area (Å²) < 4.78 is 51.4. The third kappa shape index (κ3) is 7.53. The number of thiol groups is 1. The van der Waals surface area contributed by atoms with Gasteiger partial charge >= 0.3 is 5.97 Å². The summed E-state index contributed by atoms with van der Waals surface area (Å²) in [6.45, 7) is 1.49. The molecular weight excluding hydrogens is 587 g/mol. The van der Waals surface area contributed by atoms with Gasteiger partial charge in [-0.2, -0.15) is 4.31 Å². The molecule has 0 saturated heterocycles. The highest BCUT2D eigenvalue weighted by Gasteiger charge is 2.30. The van der Waals surface area contributed by atoms with Crippen LogP contribution in [0.25, 0.3) is 22.3 Å². The number of halogens is 1. The van der Waals surface area contributed by atoms with Crippen LogP contribution in [0.5, 0.6) is 0 Å². The molecule has 1 amide bonds. The SMILES string of the molecule is CNC(=O)c1c(-c2ccc(F)cc2)oc2cc(CN(CCCCOCCc3ccc(C(=O)O)cc3)[SH](=O)=O)c(C3CC3)cc12. The van der Waals surface area contributed by atoms with E-state index in [4.69, 9.17) is 14.3 Å². The second-order valence-electron chi connectivity index (χ2n) is 10.9. The molecule has 2 N–H and O–H groups in total. The Bertz CT molecular complexity index is 1700. The van der Waals surface area contributed by atoms with Gasteiger partial charge in [0.05, 0.1) is 17.7 Å². The number of unbranched alkanes of at least 4 members (excludes halogenated alkanes) is 1. The maximum atomic E-state index is 13.6. The Morgan fingerprint density at radius 1 is 1.05 bits per heavy atom. The summed E-state index contributed by atoms with van der Waals surface area (Å²) in [6, 6.07) is 16.2. The molecule has 0 spiro atoms. The molecule has 3 aromatic carbocycles. The first-order chi connectivity index (χ1) is 21.2. The minimum Gasteiger partial charge on any atom is -0.478 e. The topological polar surface area (TPSA) is 126 Å². The number of carboxylic acid groups (broad SMARTS) is 1. The van der Waals surface area contributed by atoms with Crippen molar-refractivity contribution in [2.75, 3.05) is 26.8 Å². The standard InChI is InChI=1S/C33H35FN2O7S/c1-35-32(37)30-28-19-27(22-8-9-22)25(18-29(28)43-31(30)23-10-12-26(34)13-11-23)20-36(44(40)41)15-2-3-16-42-17-14-21-4-6-24(7-5-21)33(38)39/h4-7,10-13,18-19,22,44H,2-3,8-9,14-17,20H2,1H3,(H,35,37)(H,38,39). The first kappa shape index (κ1) is 31.4. The van der Waals surface area contributed by atoms with Crippen LogP contribution in [0.2, 0.25) is 0 Å². The van der Waals surface area contributed by atoms with Crippen LogP contribution in [0.1, 0.15) is 69.0 Å². The van der Waals surface area contributed by atoms with E-state index in [0.717, 1.165) is 29.5 Å². The number of benzene rings is 3. The zero-order valence-corrected chi connectivity index (χ0v) is 25.3. The van der Waals surface area contributed by atoms with Crippen molar-refractivity contribution in [3.8, 4) is 11.3 Å². The number of hydrogen-bond donors (Lipinski definition) is 3. The molecule has 1 heterocycles. The van der Waals surface area contributed by atoms with E-state index >= 15 is 0 Å². The highest BCUT2D eigenvalue weighted by Crippen LogP contribution is 2.45. The third-order valence-electron chi connectivity index (χ3n) is 7.80. The Morgan fingerprint density at radius 3 is 2.41 bits per heavy atom. The smallest absolute Gasteiger partial charge is 0.335 e. The second kappa shape index (κ2) is 14.1. The Kier molecular flexibility index (Phi) is 10.1. The maximum absolute atomic E-state index is 13.6. The van der Waals surface area contributed by atoms with Gasteiger partial charge in [0.2, 0.25) is 10.9 Å². The lowest BCUT2D eigenvalue weighted by Gasteiger charge is -2.18. The number of carbonyl (C=O) groups excluding carboxylic acids is 1. The molecule has 11 heteroatoms. The van der Waals surface area contributed by atoms with Crippen LogP contribution in [0, 0.1) is 5.82 Å². The van der Waals surface area contributed by atoms with Gasteiger partial charge in [-0.3, -0.25) is 4.79 Å². The fourth-order valence-corrected chi connectivity index (χ4v) is 5.86. The number of nitrogens with one attached hydrogen (secondary N) is 1. The van der Waals surface area contributed by atoms with Crippen LogP contribution in [0.3, 0.4) is 0 Å². The van der Waals surface area contributed by atoms with Crippen molar-refractivity contribution >= 4 is 33.7 Å². The van der Waals surface area contributed by atoms with Crippen LogP contribution < -0.4 is 5.32 Å². The minimum absolute atomic E-state index is 0.190. The van der Waals surface area contributed by atoms with Gasteiger partial charge in [-0.15, -0.1) is 0 Å². The lowest BCUT2D eigenvalue weighted by Crippen LogP contribution is -2.23. The molecule has 1 saturated carbocycles. The number of nitrogens with zero attached hydrogens (tertiary/aromatic N) is 1. The van der Waals surface area contributed by atoms with Crippen molar-refractivity contribution in [1.29, 1.82) is 0 Å². The fourth-order valence-electron chi connectivity index (χ4n) is 5.29. The molecule has 1 aliphatic rings. The average Bonchev–Trinajstić information content (AvgIpc) is 3.80. The van der Waals surface area contributed by atoms with Gasteiger partial charge in [-0.25, -0.2) is 17.6 Å². The number of carbonyl (C=O) groups is 2. The average molecular weight is 623 g/mol. The van der Waals surface area contributed by atoms with Crippen LogP contribution in [-0.4, -0.2) is 56.5 Å². The number of aromatic carboxylic acids is 1. The Balaban J connectivity index is 1.25. The molecular formula is C33H35FN2O7S. The van der Waals surface area contributed by atoms with Crippen LogP contribution >= 0.6 is 0 Å². The summed E-state index contributed by atoms with van der Waals surface area (Å²) in [6.07, 6.45) is 3.93. The lowest BCUT2D eigenvalue weighted by molar-refractivity contribution is 0.0696. The predicted molar refractivity (Wildman–Crippen MR) is 165 cm³/mol. The molecule has 0 unspecified atom stereocenters. The molecule has 1 aromatic heterocycles. The largest absolute Gasteiger partial charge is 0.478 e. The molecule has 0 atom stereocenters. The molecule has 9 nitrogen and oxygen atoms in total. The monoisotopic (exact) mass is 622 g/mol. The van der Waals surface area contributed by atoms with Gasteiger partial charge in [-0.05, 0) is 103 Å². The summed E-state index contributed by atoms with van der Waals surface area (Å²) in [5, 5.41) is 12.3. The highest BCUT2D eigenvalue weighted by atomic mass is 32.2. The highest BCUT2D eigenvalue weighted by molar-refractivity contribution is 7.69. The number of carboxylic acids is 1. The molecule has 0 radical (unpaired) electrons. The van der Waals surface area contributed by atoms with Crippen molar-refractivity contribution in [3.63, 3.8) is 0 Å². The molecule has 4 aromatic rings. The molecule has 0 aliphatic heterocycles. The summed E-state index contributed by atoms with van der Waals surface area (Å²) in [4.78, 5) is 23.9. The lowest BCUT2D eigenvalue weighted by atomic mass is 9.97. The van der Waals surface area contributed by atoms with E-state index in [1.807, 2.05) is 12.1 Å². The van der Waals surface area contributed by atoms with Crippen molar-refractivity contribution in [2.24, 2.45) is 0 Å². The number of rotatable bonds is 15. The molecule has 232 valence electrons. The van der Waals surface area contributed by atoms with Crippen molar-refractivity contribution < 1.29 is 36.7 Å². The molecule has 1 aliphatic carbocycles. The van der Waals surface area contributed by atoms with Gasteiger partial charge in [0.1, 0.15) is 17.2 Å². The third-order valence-corrected chi connectivity index (χ3v) is 8.61. The first-order valence-electron chi connectivity index (χ1n) is 14.6. The van der Waals surface area contributed by atoms with E-state index in [9.17, 15) is 22.4 Å². The molecule has 1 fully saturated rings. The van der Waals surface area contributed by atoms with Crippen LogP contribution in [0.4, 0.5) is 4.39 Å². The Hall–Kier alpha value is -4.06. The summed E-state index contributed by atoms with van der Waals surface area (Å²) >= 11 is 0. The second-order valence-corrected chi connectivity index (χ2v) is 12.0. The molecule has 0 bridgehead atoms. The van der Waals surface area contributed by atoms with Crippen molar-refractivity contribution in [1.82, 2.24) is 9.62 Å². The normalized spacial score (nSPS) is 13.2. The number of ether oxygens (including phenoxy) is 1. The summed E-state index contributed by atoms with van der Waals surface area (Å²) in [5.74, 6) is -1.05. The fraction of sp³-hybridized carbons (Fsp3) is 0.333. The summed E-state index contributed by atoms with van der Waals surface area (Å²) in [7, 11) is -1.30. The summed E-state index contributed by atoms with van der Waals surface area (Å²) in [5.41, 5.74) is 4.48. The number of fused-ring (bicyclic) bond motifs is 1. The van der Waals surface area contributed by atoms with E-state index in [2.05, 4.69) is 5.32 Å². The van der Waals surface area contributed by atoms with Crippen molar-refractivity contribution in [3.05, 3.63) is 94.3 Å². The minimum atomic E-state index is -2.84. The Morgan fingerprint density at radius 2 is 1.77 bits per heavy atom. The van der Waals surface area contributed by atoms with Gasteiger partial charge in [-0.1, -0.05) is 12.1 Å². The van der Waals surface area contributed by atoms with E-state index in [-0.39, 0.29) is 23.9 Å². The van der Waals surface area contributed by atoms with E-state index in [0.29, 0.717) is 66.9 Å². The van der Waals surface area contributed by atoms with Crippen LogP contribution in [0.15, 0.2) is 65.1 Å². The van der Waals surface area contributed by atoms with E-state index in [1.165, 1.54) is 16.4 Å². The Labute approximate surface area is 256 Å². The first-order valence-corrected chi connectivity index (χ1v) is 15.7. The zero-order valence-electron chi connectivity index (χ0n) is 24.4. The van der Waals surface area contributed by atoms with Gasteiger partial charge in [0.15, 0.2) is 0 Å². The van der Waals surface area contributed by atoms with Gasteiger partial charge in [0.25, 0.3) is 5.91 Å². The van der Waals surface area contributed by atoms with Crippen LogP contribution in [-0.2, 0) is 28.6 Å². The number of hydrogen-bond acceptors (Lipinski definition) is 6.